The second-order valence-electron chi connectivity index (χ2n) is 5.27. The summed E-state index contributed by atoms with van der Waals surface area (Å²) >= 11 is 0. The predicted molar refractivity (Wildman–Crippen MR) is 75.5 cm³/mol. The summed E-state index contributed by atoms with van der Waals surface area (Å²) in [6, 6.07) is 14.2. The van der Waals surface area contributed by atoms with Gasteiger partial charge in [0.05, 0.1) is 11.6 Å². The predicted octanol–water partition coefficient (Wildman–Crippen LogP) is 3.48. The normalized spacial score (nSPS) is 20.0. The summed E-state index contributed by atoms with van der Waals surface area (Å²) in [5, 5.41) is 11.8. The number of nitrogens with one attached hydrogen (secondary N) is 1. The van der Waals surface area contributed by atoms with Crippen molar-refractivity contribution in [1.82, 2.24) is 5.32 Å². The van der Waals surface area contributed by atoms with Gasteiger partial charge >= 0.3 is 0 Å². The number of nitriles is 1. The highest BCUT2D eigenvalue weighted by molar-refractivity contribution is 5.34. The first-order valence-corrected chi connectivity index (χ1v) is 6.85. The molecule has 1 fully saturated rings. The first-order valence-electron chi connectivity index (χ1n) is 6.85. The Morgan fingerprint density at radius 3 is 2.43 bits per heavy atom. The van der Waals surface area contributed by atoms with Crippen molar-refractivity contribution in [3.8, 4) is 6.07 Å². The summed E-state index contributed by atoms with van der Waals surface area (Å²) in [5.41, 5.74) is 1.24. The van der Waals surface area contributed by atoms with Crippen LogP contribution in [0, 0.1) is 23.0 Å². The lowest BCUT2D eigenvalue weighted by Crippen LogP contribution is -2.19. The van der Waals surface area contributed by atoms with E-state index in [1.54, 1.807) is 6.07 Å². The fourth-order valence-corrected chi connectivity index (χ4v) is 2.56. The largest absolute Gasteiger partial charge is 0.309 e. The minimum absolute atomic E-state index is 0.00216. The highest BCUT2D eigenvalue weighted by Crippen LogP contribution is 2.40. The van der Waals surface area contributed by atoms with Gasteiger partial charge in [-0.2, -0.15) is 5.26 Å². The molecule has 4 heteroatoms. The van der Waals surface area contributed by atoms with Crippen LogP contribution in [-0.4, -0.2) is 6.04 Å². The molecular formula is C17H14F2N2. The molecule has 2 aromatic carbocycles. The molecule has 0 aromatic heterocycles. The Morgan fingerprint density at radius 2 is 1.81 bits per heavy atom. The number of hydrogen-bond acceptors (Lipinski definition) is 2. The summed E-state index contributed by atoms with van der Waals surface area (Å²) in [7, 11) is 0. The van der Waals surface area contributed by atoms with Crippen LogP contribution in [0.15, 0.2) is 42.5 Å². The molecule has 0 spiro atoms. The van der Waals surface area contributed by atoms with E-state index in [0.29, 0.717) is 5.92 Å². The average molecular weight is 284 g/mol. The van der Waals surface area contributed by atoms with E-state index < -0.39 is 11.6 Å². The fraction of sp³-hybridized carbons (Fsp3) is 0.235. The van der Waals surface area contributed by atoms with Crippen molar-refractivity contribution in [1.29, 1.82) is 5.26 Å². The van der Waals surface area contributed by atoms with Crippen LogP contribution in [0.3, 0.4) is 0 Å². The van der Waals surface area contributed by atoms with Crippen molar-refractivity contribution >= 4 is 0 Å². The molecule has 0 heterocycles. The van der Waals surface area contributed by atoms with Gasteiger partial charge < -0.3 is 5.32 Å². The SMILES string of the molecule is N#Cc1cc(F)c(CNC2CC2c2ccccc2)c(F)c1. The molecule has 1 aliphatic rings. The number of halogens is 2. The van der Waals surface area contributed by atoms with Gasteiger partial charge in [-0.25, -0.2) is 8.78 Å². The Hall–Kier alpha value is -2.25. The molecule has 2 aromatic rings. The highest BCUT2D eigenvalue weighted by Gasteiger charge is 2.37. The standard InChI is InChI=1S/C17H14F2N2/c18-15-6-11(9-20)7-16(19)14(15)10-21-17-8-13(17)12-4-2-1-3-5-12/h1-7,13,17,21H,8,10H2. The van der Waals surface area contributed by atoms with Crippen LogP contribution in [0.2, 0.25) is 0 Å². The van der Waals surface area contributed by atoms with Crippen LogP contribution in [0.5, 0.6) is 0 Å². The van der Waals surface area contributed by atoms with E-state index in [-0.39, 0.29) is 23.7 Å². The van der Waals surface area contributed by atoms with Gasteiger partial charge in [-0.05, 0) is 24.1 Å². The quantitative estimate of drug-likeness (QED) is 0.933. The first kappa shape index (κ1) is 13.7. The van der Waals surface area contributed by atoms with Crippen molar-refractivity contribution < 1.29 is 8.78 Å². The number of nitrogens with zero attached hydrogens (tertiary/aromatic N) is 1. The molecule has 1 N–H and O–H groups in total. The van der Waals surface area contributed by atoms with Crippen molar-refractivity contribution in [2.24, 2.45) is 0 Å². The van der Waals surface area contributed by atoms with E-state index in [2.05, 4.69) is 17.4 Å². The smallest absolute Gasteiger partial charge is 0.131 e. The number of benzene rings is 2. The summed E-state index contributed by atoms with van der Waals surface area (Å²) in [6.07, 6.45) is 0.976. The van der Waals surface area contributed by atoms with Crippen molar-refractivity contribution in [3.05, 3.63) is 70.8 Å². The van der Waals surface area contributed by atoms with E-state index in [1.807, 2.05) is 18.2 Å². The minimum atomic E-state index is -0.670. The lowest BCUT2D eigenvalue weighted by molar-refractivity contribution is 0.532. The molecule has 0 bridgehead atoms. The van der Waals surface area contributed by atoms with Crippen molar-refractivity contribution in [3.63, 3.8) is 0 Å². The Kier molecular flexibility index (Phi) is 3.68. The molecule has 1 aliphatic carbocycles. The second-order valence-corrected chi connectivity index (χ2v) is 5.27. The number of hydrogen-bond donors (Lipinski definition) is 1. The molecule has 106 valence electrons. The van der Waals surface area contributed by atoms with E-state index in [4.69, 9.17) is 5.26 Å². The van der Waals surface area contributed by atoms with Crippen LogP contribution in [0.4, 0.5) is 8.78 Å². The summed E-state index contributed by atoms with van der Waals surface area (Å²) in [4.78, 5) is 0. The Balaban J connectivity index is 1.64. The van der Waals surface area contributed by atoms with Gasteiger partial charge in [0.15, 0.2) is 0 Å². The molecule has 0 saturated heterocycles. The molecule has 0 radical (unpaired) electrons. The maximum absolute atomic E-state index is 13.8. The maximum atomic E-state index is 13.8. The molecular weight excluding hydrogens is 270 g/mol. The average Bonchev–Trinajstić information content (AvgIpc) is 3.26. The summed E-state index contributed by atoms with van der Waals surface area (Å²) < 4.78 is 27.5. The molecule has 2 atom stereocenters. The lowest BCUT2D eigenvalue weighted by atomic mass is 10.1. The molecule has 2 nitrogen and oxygen atoms in total. The summed E-state index contributed by atoms with van der Waals surface area (Å²) in [5.74, 6) is -0.928. The van der Waals surface area contributed by atoms with E-state index in [9.17, 15) is 8.78 Å². The zero-order chi connectivity index (χ0) is 14.8. The third-order valence-electron chi connectivity index (χ3n) is 3.83. The van der Waals surface area contributed by atoms with E-state index in [1.165, 1.54) is 5.56 Å². The van der Waals surface area contributed by atoms with Gasteiger partial charge in [-0.15, -0.1) is 0 Å². The molecule has 1 saturated carbocycles. The Bertz CT molecular complexity index is 669. The zero-order valence-electron chi connectivity index (χ0n) is 11.3. The van der Waals surface area contributed by atoms with Crippen LogP contribution in [0.1, 0.15) is 29.0 Å². The third kappa shape index (κ3) is 2.93. The van der Waals surface area contributed by atoms with Gasteiger partial charge in [0, 0.05) is 24.1 Å². The molecule has 3 rings (SSSR count). The first-order chi connectivity index (χ1) is 10.2. The van der Waals surface area contributed by atoms with E-state index in [0.717, 1.165) is 18.6 Å². The number of rotatable bonds is 4. The lowest BCUT2D eigenvalue weighted by Gasteiger charge is -2.07. The molecule has 0 aliphatic heterocycles. The van der Waals surface area contributed by atoms with Crippen LogP contribution in [-0.2, 0) is 6.54 Å². The van der Waals surface area contributed by atoms with Gasteiger partial charge in [0.2, 0.25) is 0 Å². The van der Waals surface area contributed by atoms with Gasteiger partial charge in [-0.3, -0.25) is 0 Å². The third-order valence-corrected chi connectivity index (χ3v) is 3.83. The molecule has 2 unspecified atom stereocenters. The van der Waals surface area contributed by atoms with Gasteiger partial charge in [0.25, 0.3) is 0 Å². The van der Waals surface area contributed by atoms with Crippen LogP contribution < -0.4 is 5.32 Å². The molecule has 0 amide bonds. The summed E-state index contributed by atoms with van der Waals surface area (Å²) in [6.45, 7) is 0.136. The fourth-order valence-electron chi connectivity index (χ4n) is 2.56. The van der Waals surface area contributed by atoms with Gasteiger partial charge in [0.1, 0.15) is 11.6 Å². The maximum Gasteiger partial charge on any atom is 0.131 e. The monoisotopic (exact) mass is 284 g/mol. The minimum Gasteiger partial charge on any atom is -0.309 e. The van der Waals surface area contributed by atoms with Gasteiger partial charge in [-0.1, -0.05) is 30.3 Å². The highest BCUT2D eigenvalue weighted by atomic mass is 19.1. The van der Waals surface area contributed by atoms with Crippen molar-refractivity contribution in [2.75, 3.05) is 0 Å². The topological polar surface area (TPSA) is 35.8 Å². The van der Waals surface area contributed by atoms with E-state index >= 15 is 0 Å². The van der Waals surface area contributed by atoms with Crippen molar-refractivity contribution in [2.45, 2.75) is 24.9 Å². The van der Waals surface area contributed by atoms with Crippen LogP contribution >= 0.6 is 0 Å². The Labute approximate surface area is 122 Å². The Morgan fingerprint density at radius 1 is 1.14 bits per heavy atom. The van der Waals surface area contributed by atoms with Crippen LogP contribution in [0.25, 0.3) is 0 Å². The zero-order valence-corrected chi connectivity index (χ0v) is 11.3. The molecule has 21 heavy (non-hydrogen) atoms. The second kappa shape index (κ2) is 5.63.